The third-order valence-corrected chi connectivity index (χ3v) is 5.13. The van der Waals surface area contributed by atoms with Crippen LogP contribution in [0.3, 0.4) is 0 Å². The fourth-order valence-electron chi connectivity index (χ4n) is 3.65. The Kier molecular flexibility index (Phi) is 4.01. The zero-order chi connectivity index (χ0) is 17.3. The Hall–Kier alpha value is -2.66. The van der Waals surface area contributed by atoms with E-state index in [0.29, 0.717) is 25.9 Å². The van der Waals surface area contributed by atoms with Crippen LogP contribution in [0.1, 0.15) is 24.1 Å². The van der Waals surface area contributed by atoms with Crippen molar-refractivity contribution in [3.63, 3.8) is 0 Å². The zero-order valence-electron chi connectivity index (χ0n) is 14.1. The molecule has 0 spiro atoms. The Morgan fingerprint density at radius 3 is 2.76 bits per heavy atom. The molecule has 0 bridgehead atoms. The molecule has 2 heterocycles. The number of aromatic amines is 1. The van der Waals surface area contributed by atoms with Gasteiger partial charge in [-0.1, -0.05) is 48.5 Å². The molecule has 5 nitrogen and oxygen atoms in total. The highest BCUT2D eigenvalue weighted by Crippen LogP contribution is 2.29. The smallest absolute Gasteiger partial charge is 0.223 e. The Morgan fingerprint density at radius 1 is 1.16 bits per heavy atom. The van der Waals surface area contributed by atoms with Gasteiger partial charge in [0.05, 0.1) is 11.1 Å². The Morgan fingerprint density at radius 2 is 1.92 bits per heavy atom. The van der Waals surface area contributed by atoms with Crippen LogP contribution in [0.15, 0.2) is 54.6 Å². The fraction of sp³-hybridized carbons (Fsp3) is 0.300. The number of carbonyl (C=O) groups excluding carboxylic acids is 1. The average molecular weight is 334 g/mol. The summed E-state index contributed by atoms with van der Waals surface area (Å²) in [6.07, 6.45) is 1.94. The van der Waals surface area contributed by atoms with Crippen LogP contribution < -0.4 is 5.73 Å². The van der Waals surface area contributed by atoms with Gasteiger partial charge >= 0.3 is 0 Å². The van der Waals surface area contributed by atoms with Crippen molar-refractivity contribution in [3.05, 3.63) is 65.9 Å². The maximum atomic E-state index is 12.6. The van der Waals surface area contributed by atoms with E-state index in [9.17, 15) is 4.79 Å². The van der Waals surface area contributed by atoms with Crippen molar-refractivity contribution in [1.82, 2.24) is 15.1 Å². The van der Waals surface area contributed by atoms with E-state index < -0.39 is 5.54 Å². The summed E-state index contributed by atoms with van der Waals surface area (Å²) in [7, 11) is 0. The number of hydrogen-bond donors (Lipinski definition) is 2. The van der Waals surface area contributed by atoms with Crippen LogP contribution in [-0.2, 0) is 16.8 Å². The predicted octanol–water partition coefficient (Wildman–Crippen LogP) is 2.58. The molecule has 0 saturated carbocycles. The third-order valence-electron chi connectivity index (χ3n) is 5.13. The van der Waals surface area contributed by atoms with E-state index in [2.05, 4.69) is 10.2 Å². The summed E-state index contributed by atoms with van der Waals surface area (Å²) >= 11 is 0. The minimum atomic E-state index is -0.433. The fourth-order valence-corrected chi connectivity index (χ4v) is 3.65. The molecular formula is C20H22N4O. The monoisotopic (exact) mass is 334 g/mol. The van der Waals surface area contributed by atoms with Crippen molar-refractivity contribution >= 4 is 16.8 Å². The number of nitrogens with one attached hydrogen (secondary N) is 1. The number of fused-ring (bicyclic) bond motifs is 1. The molecule has 128 valence electrons. The van der Waals surface area contributed by atoms with Gasteiger partial charge in [0.2, 0.25) is 5.91 Å². The second-order valence-corrected chi connectivity index (χ2v) is 6.81. The van der Waals surface area contributed by atoms with Gasteiger partial charge in [0.1, 0.15) is 0 Å². The van der Waals surface area contributed by atoms with E-state index in [4.69, 9.17) is 5.73 Å². The van der Waals surface area contributed by atoms with Gasteiger partial charge in [0, 0.05) is 30.6 Å². The molecule has 1 unspecified atom stereocenters. The number of benzene rings is 2. The van der Waals surface area contributed by atoms with Gasteiger partial charge in [0.25, 0.3) is 0 Å². The lowest BCUT2D eigenvalue weighted by Gasteiger charge is -2.25. The summed E-state index contributed by atoms with van der Waals surface area (Å²) in [6, 6.07) is 18.0. The lowest BCUT2D eigenvalue weighted by molar-refractivity contribution is -0.130. The summed E-state index contributed by atoms with van der Waals surface area (Å²) in [5.74, 6) is 0.155. The van der Waals surface area contributed by atoms with Gasteiger partial charge in [-0.25, -0.2) is 0 Å². The summed E-state index contributed by atoms with van der Waals surface area (Å²) in [5, 5.41) is 8.44. The molecule has 1 aliphatic rings. The van der Waals surface area contributed by atoms with Crippen molar-refractivity contribution < 1.29 is 4.79 Å². The van der Waals surface area contributed by atoms with Crippen molar-refractivity contribution in [3.8, 4) is 0 Å². The molecule has 0 aliphatic carbocycles. The van der Waals surface area contributed by atoms with Gasteiger partial charge in [-0.15, -0.1) is 0 Å². The summed E-state index contributed by atoms with van der Waals surface area (Å²) in [6.45, 7) is 1.30. The van der Waals surface area contributed by atoms with Gasteiger partial charge < -0.3 is 10.6 Å². The first-order chi connectivity index (χ1) is 12.2. The van der Waals surface area contributed by atoms with E-state index >= 15 is 0 Å². The van der Waals surface area contributed by atoms with Crippen molar-refractivity contribution in [2.75, 3.05) is 13.1 Å². The molecule has 2 aromatic carbocycles. The second-order valence-electron chi connectivity index (χ2n) is 6.81. The van der Waals surface area contributed by atoms with Crippen LogP contribution in [0.2, 0.25) is 0 Å². The topological polar surface area (TPSA) is 75.0 Å². The van der Waals surface area contributed by atoms with E-state index in [-0.39, 0.29) is 5.91 Å². The number of carbonyl (C=O) groups is 1. The Bertz CT molecular complexity index is 889. The maximum Gasteiger partial charge on any atom is 0.223 e. The first kappa shape index (κ1) is 15.8. The molecule has 3 aromatic rings. The number of para-hydroxylation sites is 1. The highest BCUT2D eigenvalue weighted by Gasteiger charge is 2.37. The van der Waals surface area contributed by atoms with E-state index in [0.717, 1.165) is 28.6 Å². The van der Waals surface area contributed by atoms with E-state index in [1.54, 1.807) is 0 Å². The van der Waals surface area contributed by atoms with E-state index in [1.165, 1.54) is 0 Å². The van der Waals surface area contributed by atoms with Crippen LogP contribution in [0.5, 0.6) is 0 Å². The SMILES string of the molecule is NC1(c2ccccc2)CCN(C(=O)CCc2[nH]nc3ccccc23)C1. The molecule has 5 heteroatoms. The molecule has 1 fully saturated rings. The number of likely N-dealkylation sites (tertiary alicyclic amines) is 1. The predicted molar refractivity (Wildman–Crippen MR) is 97.9 cm³/mol. The van der Waals surface area contributed by atoms with Gasteiger partial charge in [0.15, 0.2) is 0 Å². The molecule has 1 atom stereocenters. The third kappa shape index (κ3) is 3.03. The molecule has 4 rings (SSSR count). The quantitative estimate of drug-likeness (QED) is 0.770. The summed E-state index contributed by atoms with van der Waals surface area (Å²) in [5.41, 5.74) is 9.19. The molecule has 1 aliphatic heterocycles. The number of nitrogens with zero attached hydrogens (tertiary/aromatic N) is 2. The number of rotatable bonds is 4. The Labute approximate surface area is 146 Å². The largest absolute Gasteiger partial charge is 0.340 e. The van der Waals surface area contributed by atoms with Crippen LogP contribution >= 0.6 is 0 Å². The molecular weight excluding hydrogens is 312 g/mol. The molecule has 1 saturated heterocycles. The molecule has 1 amide bonds. The number of H-pyrrole nitrogens is 1. The number of amides is 1. The Balaban J connectivity index is 1.41. The van der Waals surface area contributed by atoms with Crippen LogP contribution in [-0.4, -0.2) is 34.1 Å². The normalized spacial score (nSPS) is 20.3. The highest BCUT2D eigenvalue weighted by atomic mass is 16.2. The van der Waals surface area contributed by atoms with Crippen molar-refractivity contribution in [1.29, 1.82) is 0 Å². The van der Waals surface area contributed by atoms with Gasteiger partial charge in [-0.3, -0.25) is 9.89 Å². The molecule has 1 aromatic heterocycles. The number of aromatic nitrogens is 2. The number of aryl methyl sites for hydroxylation is 1. The maximum absolute atomic E-state index is 12.6. The van der Waals surface area contributed by atoms with Crippen LogP contribution in [0.4, 0.5) is 0 Å². The molecule has 25 heavy (non-hydrogen) atoms. The summed E-state index contributed by atoms with van der Waals surface area (Å²) in [4.78, 5) is 14.5. The summed E-state index contributed by atoms with van der Waals surface area (Å²) < 4.78 is 0. The molecule has 0 radical (unpaired) electrons. The van der Waals surface area contributed by atoms with E-state index in [1.807, 2.05) is 59.5 Å². The second kappa shape index (κ2) is 6.33. The minimum Gasteiger partial charge on any atom is -0.340 e. The highest BCUT2D eigenvalue weighted by molar-refractivity contribution is 5.82. The molecule has 3 N–H and O–H groups in total. The first-order valence-corrected chi connectivity index (χ1v) is 8.70. The van der Waals surface area contributed by atoms with Gasteiger partial charge in [-0.2, -0.15) is 5.10 Å². The number of hydrogen-bond acceptors (Lipinski definition) is 3. The lowest BCUT2D eigenvalue weighted by Crippen LogP contribution is -2.41. The van der Waals surface area contributed by atoms with Crippen molar-refractivity contribution in [2.24, 2.45) is 5.73 Å². The minimum absolute atomic E-state index is 0.155. The number of nitrogens with two attached hydrogens (primary N) is 1. The van der Waals surface area contributed by atoms with Gasteiger partial charge in [-0.05, 0) is 24.5 Å². The van der Waals surface area contributed by atoms with Crippen molar-refractivity contribution in [2.45, 2.75) is 24.8 Å². The van der Waals surface area contributed by atoms with Crippen LogP contribution in [0.25, 0.3) is 10.9 Å². The first-order valence-electron chi connectivity index (χ1n) is 8.70. The lowest BCUT2D eigenvalue weighted by atomic mass is 9.90. The average Bonchev–Trinajstić information content (AvgIpc) is 3.25. The van der Waals surface area contributed by atoms with Crippen LogP contribution in [0, 0.1) is 0 Å². The standard InChI is InChI=1S/C20H22N4O/c21-20(15-6-2-1-3-7-15)12-13-24(14-20)19(25)11-10-18-16-8-4-5-9-17(16)22-23-18/h1-9H,10-14,21H2,(H,22,23). The zero-order valence-corrected chi connectivity index (χ0v) is 14.1.